The topological polar surface area (TPSA) is 48.5 Å². The molecule has 0 aliphatic carbocycles. The molecule has 1 saturated heterocycles. The third-order valence-electron chi connectivity index (χ3n) is 5.61. The van der Waals surface area contributed by atoms with Gasteiger partial charge in [-0.15, -0.1) is 0 Å². The summed E-state index contributed by atoms with van der Waals surface area (Å²) in [4.78, 5) is 21.4. The lowest BCUT2D eigenvalue weighted by atomic mass is 10.1. The maximum absolute atomic E-state index is 13.4. The Balaban J connectivity index is 1.32. The number of nitrogens with zero attached hydrogens (tertiary/aromatic N) is 3. The first kappa shape index (κ1) is 21.0. The lowest BCUT2D eigenvalue weighted by molar-refractivity contribution is -0.115. The van der Waals surface area contributed by atoms with Crippen LogP contribution in [0.5, 0.6) is 0 Å². The Kier molecular flexibility index (Phi) is 6.89. The third kappa shape index (κ3) is 5.89. The Morgan fingerprint density at radius 1 is 0.935 bits per heavy atom. The van der Waals surface area contributed by atoms with Crippen LogP contribution in [0.4, 0.5) is 15.8 Å². The van der Waals surface area contributed by atoms with Crippen LogP contribution in [0.15, 0.2) is 73.1 Å². The number of hydrogen-bond donors (Lipinski definition) is 1. The molecule has 0 bridgehead atoms. The molecular formula is C25H27FN4O. The molecule has 0 radical (unpaired) electrons. The van der Waals surface area contributed by atoms with E-state index in [0.29, 0.717) is 5.56 Å². The standard InChI is InChI=1S/C25H27FN4O/c26-22-5-3-4-21(18-22)19-25(31)28-23-6-1-2-7-24(23)30-16-14-29(15-17-30)13-10-20-8-11-27-12-9-20/h1-9,11-12,18H,10,13-17,19H2,(H,28,31). The van der Waals surface area contributed by atoms with E-state index < -0.39 is 0 Å². The van der Waals surface area contributed by atoms with Gasteiger partial charge in [0.2, 0.25) is 5.91 Å². The SMILES string of the molecule is O=C(Cc1cccc(F)c1)Nc1ccccc1N1CCN(CCc2ccncc2)CC1. The Hall–Kier alpha value is -3.25. The average molecular weight is 419 g/mol. The number of para-hydroxylation sites is 2. The molecule has 31 heavy (non-hydrogen) atoms. The number of piperazine rings is 1. The van der Waals surface area contributed by atoms with Gasteiger partial charge in [0.25, 0.3) is 0 Å². The average Bonchev–Trinajstić information content (AvgIpc) is 2.79. The second kappa shape index (κ2) is 10.2. The molecule has 0 saturated carbocycles. The van der Waals surface area contributed by atoms with Crippen molar-refractivity contribution in [3.05, 3.63) is 90.0 Å². The first-order valence-corrected chi connectivity index (χ1v) is 10.7. The van der Waals surface area contributed by atoms with Gasteiger partial charge in [-0.2, -0.15) is 0 Å². The molecule has 1 N–H and O–H groups in total. The van der Waals surface area contributed by atoms with Gasteiger partial charge in [-0.3, -0.25) is 14.7 Å². The zero-order valence-electron chi connectivity index (χ0n) is 17.5. The van der Waals surface area contributed by atoms with Crippen LogP contribution >= 0.6 is 0 Å². The minimum absolute atomic E-state index is 0.144. The van der Waals surface area contributed by atoms with Gasteiger partial charge in [-0.05, 0) is 53.9 Å². The van der Waals surface area contributed by atoms with Crippen molar-refractivity contribution in [2.24, 2.45) is 0 Å². The second-order valence-corrected chi connectivity index (χ2v) is 7.81. The Labute approximate surface area is 182 Å². The van der Waals surface area contributed by atoms with Crippen molar-refractivity contribution >= 4 is 17.3 Å². The monoisotopic (exact) mass is 418 g/mol. The fourth-order valence-electron chi connectivity index (χ4n) is 3.93. The van der Waals surface area contributed by atoms with Crippen LogP contribution in [0.1, 0.15) is 11.1 Å². The molecule has 1 amide bonds. The molecule has 1 aliphatic rings. The van der Waals surface area contributed by atoms with Crippen LogP contribution in [0.25, 0.3) is 0 Å². The summed E-state index contributed by atoms with van der Waals surface area (Å²) < 4.78 is 13.4. The van der Waals surface area contributed by atoms with Crippen molar-refractivity contribution in [2.75, 3.05) is 42.9 Å². The number of rotatable bonds is 7. The Morgan fingerprint density at radius 2 is 1.71 bits per heavy atom. The zero-order chi connectivity index (χ0) is 21.5. The van der Waals surface area contributed by atoms with Gasteiger partial charge in [-0.1, -0.05) is 24.3 Å². The highest BCUT2D eigenvalue weighted by Gasteiger charge is 2.19. The van der Waals surface area contributed by atoms with Crippen molar-refractivity contribution in [1.82, 2.24) is 9.88 Å². The molecule has 3 aromatic rings. The molecule has 2 heterocycles. The number of halogens is 1. The summed E-state index contributed by atoms with van der Waals surface area (Å²) in [5.74, 6) is -0.471. The van der Waals surface area contributed by atoms with Crippen LogP contribution in [0.3, 0.4) is 0 Å². The third-order valence-corrected chi connectivity index (χ3v) is 5.61. The number of amides is 1. The predicted octanol–water partition coefficient (Wildman–Crippen LogP) is 3.77. The lowest BCUT2D eigenvalue weighted by Gasteiger charge is -2.37. The Morgan fingerprint density at radius 3 is 2.48 bits per heavy atom. The van der Waals surface area contributed by atoms with Gasteiger partial charge in [0.15, 0.2) is 0 Å². The number of hydrogen-bond acceptors (Lipinski definition) is 4. The zero-order valence-corrected chi connectivity index (χ0v) is 17.5. The van der Waals surface area contributed by atoms with Gasteiger partial charge in [0.1, 0.15) is 5.82 Å². The molecule has 6 heteroatoms. The summed E-state index contributed by atoms with van der Waals surface area (Å²) in [6.07, 6.45) is 4.85. The number of benzene rings is 2. The maximum atomic E-state index is 13.4. The van der Waals surface area contributed by atoms with Crippen molar-refractivity contribution in [3.8, 4) is 0 Å². The molecule has 1 aliphatic heterocycles. The molecule has 160 valence electrons. The smallest absolute Gasteiger partial charge is 0.228 e. The highest BCUT2D eigenvalue weighted by atomic mass is 19.1. The van der Waals surface area contributed by atoms with Gasteiger partial charge in [0, 0.05) is 45.1 Å². The van der Waals surface area contributed by atoms with Crippen LogP contribution in [0.2, 0.25) is 0 Å². The van der Waals surface area contributed by atoms with Crippen molar-refractivity contribution in [2.45, 2.75) is 12.8 Å². The van der Waals surface area contributed by atoms with E-state index in [0.717, 1.165) is 50.5 Å². The van der Waals surface area contributed by atoms with Crippen molar-refractivity contribution in [1.29, 1.82) is 0 Å². The molecule has 1 fully saturated rings. The number of pyridine rings is 1. The highest BCUT2D eigenvalue weighted by molar-refractivity contribution is 5.95. The first-order chi connectivity index (χ1) is 15.2. The lowest BCUT2D eigenvalue weighted by Crippen LogP contribution is -2.47. The molecular weight excluding hydrogens is 391 g/mol. The van der Waals surface area contributed by atoms with Gasteiger partial charge in [-0.25, -0.2) is 4.39 Å². The number of carbonyl (C=O) groups is 1. The number of anilines is 2. The van der Waals surface area contributed by atoms with Gasteiger partial charge in [0.05, 0.1) is 17.8 Å². The molecule has 4 rings (SSSR count). The van der Waals surface area contributed by atoms with E-state index in [1.165, 1.54) is 17.7 Å². The van der Waals surface area contributed by atoms with E-state index in [4.69, 9.17) is 0 Å². The fourth-order valence-corrected chi connectivity index (χ4v) is 3.93. The van der Waals surface area contributed by atoms with Crippen LogP contribution in [0, 0.1) is 5.82 Å². The number of nitrogens with one attached hydrogen (secondary N) is 1. The van der Waals surface area contributed by atoms with Crippen LogP contribution in [-0.2, 0) is 17.6 Å². The minimum Gasteiger partial charge on any atom is -0.367 e. The molecule has 5 nitrogen and oxygen atoms in total. The largest absolute Gasteiger partial charge is 0.367 e. The van der Waals surface area contributed by atoms with Crippen LogP contribution in [-0.4, -0.2) is 48.5 Å². The number of carbonyl (C=O) groups excluding carboxylic acids is 1. The summed E-state index contributed by atoms with van der Waals surface area (Å²) in [5, 5.41) is 3.01. The van der Waals surface area contributed by atoms with E-state index >= 15 is 0 Å². The summed E-state index contributed by atoms with van der Waals surface area (Å²) in [7, 11) is 0. The van der Waals surface area contributed by atoms with E-state index in [-0.39, 0.29) is 18.1 Å². The van der Waals surface area contributed by atoms with Crippen molar-refractivity contribution < 1.29 is 9.18 Å². The minimum atomic E-state index is -0.326. The molecule has 0 atom stereocenters. The maximum Gasteiger partial charge on any atom is 0.228 e. The van der Waals surface area contributed by atoms with E-state index in [9.17, 15) is 9.18 Å². The van der Waals surface area contributed by atoms with Gasteiger partial charge < -0.3 is 10.2 Å². The molecule has 0 spiro atoms. The molecule has 0 unspecified atom stereocenters. The Bertz CT molecular complexity index is 1000. The second-order valence-electron chi connectivity index (χ2n) is 7.81. The number of aromatic nitrogens is 1. The quantitative estimate of drug-likeness (QED) is 0.635. The van der Waals surface area contributed by atoms with Crippen LogP contribution < -0.4 is 10.2 Å². The normalized spacial score (nSPS) is 14.4. The summed E-state index contributed by atoms with van der Waals surface area (Å²) >= 11 is 0. The van der Waals surface area contributed by atoms with Crippen molar-refractivity contribution in [3.63, 3.8) is 0 Å². The van der Waals surface area contributed by atoms with Gasteiger partial charge >= 0.3 is 0 Å². The summed E-state index contributed by atoms with van der Waals surface area (Å²) in [5.41, 5.74) is 3.81. The molecule has 2 aromatic carbocycles. The fraction of sp³-hybridized carbons (Fsp3) is 0.280. The first-order valence-electron chi connectivity index (χ1n) is 10.7. The summed E-state index contributed by atoms with van der Waals surface area (Å²) in [6.45, 7) is 4.82. The summed E-state index contributed by atoms with van der Waals surface area (Å²) in [6, 6.07) is 18.2. The van der Waals surface area contributed by atoms with E-state index in [1.54, 1.807) is 12.1 Å². The predicted molar refractivity (Wildman–Crippen MR) is 122 cm³/mol. The highest BCUT2D eigenvalue weighted by Crippen LogP contribution is 2.27. The van der Waals surface area contributed by atoms with E-state index in [1.807, 2.05) is 36.7 Å². The van der Waals surface area contributed by atoms with E-state index in [2.05, 4.69) is 32.2 Å². The molecule has 1 aromatic heterocycles.